The second-order valence-corrected chi connectivity index (χ2v) is 4.32. The first-order valence-electron chi connectivity index (χ1n) is 5.44. The Hall–Kier alpha value is -0.860. The van der Waals surface area contributed by atoms with Crippen molar-refractivity contribution in [2.45, 2.75) is 52.4 Å². The lowest BCUT2D eigenvalue weighted by molar-refractivity contribution is -0.138. The van der Waals surface area contributed by atoms with E-state index in [1.165, 1.54) is 0 Å². The zero-order valence-corrected chi connectivity index (χ0v) is 9.06. The Labute approximate surface area is 85.3 Å². The fourth-order valence-corrected chi connectivity index (χ4v) is 2.53. The molecule has 1 fully saturated rings. The van der Waals surface area contributed by atoms with E-state index < -0.39 is 0 Å². The van der Waals surface area contributed by atoms with Gasteiger partial charge in [-0.2, -0.15) is 0 Å². The van der Waals surface area contributed by atoms with Crippen molar-refractivity contribution in [1.82, 2.24) is 5.32 Å². The molecule has 0 atom stereocenters. The van der Waals surface area contributed by atoms with Gasteiger partial charge in [0.1, 0.15) is 0 Å². The molecule has 80 valence electrons. The molecule has 0 radical (unpaired) electrons. The Kier molecular flexibility index (Phi) is 3.67. The van der Waals surface area contributed by atoms with Crippen molar-refractivity contribution < 1.29 is 9.59 Å². The van der Waals surface area contributed by atoms with Crippen molar-refractivity contribution in [3.05, 3.63) is 0 Å². The summed E-state index contributed by atoms with van der Waals surface area (Å²) < 4.78 is 0. The zero-order valence-electron chi connectivity index (χ0n) is 9.06. The Morgan fingerprint density at radius 1 is 1.07 bits per heavy atom. The molecule has 0 aromatic carbocycles. The summed E-state index contributed by atoms with van der Waals surface area (Å²) in [5.74, 6) is -0.189. The molecule has 1 saturated heterocycles. The number of imide groups is 1. The average Bonchev–Trinajstić information content (AvgIpc) is 2.02. The minimum atomic E-state index is -0.0943. The van der Waals surface area contributed by atoms with Crippen molar-refractivity contribution in [2.75, 3.05) is 0 Å². The van der Waals surface area contributed by atoms with Crippen LogP contribution in [0.3, 0.4) is 0 Å². The van der Waals surface area contributed by atoms with Gasteiger partial charge in [-0.3, -0.25) is 14.9 Å². The van der Waals surface area contributed by atoms with Crippen LogP contribution in [-0.2, 0) is 9.59 Å². The highest BCUT2D eigenvalue weighted by molar-refractivity contribution is 5.98. The van der Waals surface area contributed by atoms with Gasteiger partial charge in [0.2, 0.25) is 11.8 Å². The van der Waals surface area contributed by atoms with E-state index in [4.69, 9.17) is 0 Å². The maximum Gasteiger partial charge on any atom is 0.227 e. The largest absolute Gasteiger partial charge is 0.296 e. The molecule has 3 heteroatoms. The van der Waals surface area contributed by atoms with Crippen LogP contribution in [0, 0.1) is 5.41 Å². The molecule has 14 heavy (non-hydrogen) atoms. The molecule has 0 bridgehead atoms. The lowest BCUT2D eigenvalue weighted by Crippen LogP contribution is -2.44. The van der Waals surface area contributed by atoms with Crippen molar-refractivity contribution in [3.8, 4) is 0 Å². The van der Waals surface area contributed by atoms with Crippen molar-refractivity contribution in [3.63, 3.8) is 0 Å². The quantitative estimate of drug-likeness (QED) is 0.701. The Morgan fingerprint density at radius 2 is 1.50 bits per heavy atom. The normalized spacial score (nSPS) is 20.7. The number of carbonyl (C=O) groups excluding carboxylic acids is 2. The number of amides is 2. The number of hydrogen-bond donors (Lipinski definition) is 1. The number of piperidine rings is 1. The number of carbonyl (C=O) groups is 2. The average molecular weight is 197 g/mol. The Bertz CT molecular complexity index is 211. The lowest BCUT2D eigenvalue weighted by Gasteiger charge is -2.35. The second kappa shape index (κ2) is 4.58. The Balaban J connectivity index is 2.73. The van der Waals surface area contributed by atoms with Crippen LogP contribution in [0.2, 0.25) is 0 Å². The van der Waals surface area contributed by atoms with E-state index in [1.807, 2.05) is 0 Å². The summed E-state index contributed by atoms with van der Waals surface area (Å²) in [4.78, 5) is 22.6. The molecule has 1 N–H and O–H groups in total. The zero-order chi connectivity index (χ0) is 10.6. The number of rotatable bonds is 4. The van der Waals surface area contributed by atoms with Gasteiger partial charge in [-0.05, 0) is 18.3 Å². The monoisotopic (exact) mass is 197 g/mol. The predicted molar refractivity (Wildman–Crippen MR) is 54.6 cm³/mol. The first-order valence-corrected chi connectivity index (χ1v) is 5.44. The summed E-state index contributed by atoms with van der Waals surface area (Å²) >= 11 is 0. The van der Waals surface area contributed by atoms with Crippen LogP contribution in [0.4, 0.5) is 0 Å². The van der Waals surface area contributed by atoms with Gasteiger partial charge in [0, 0.05) is 12.8 Å². The topological polar surface area (TPSA) is 46.2 Å². The molecule has 3 nitrogen and oxygen atoms in total. The molecule has 0 aromatic rings. The molecule has 1 aliphatic heterocycles. The smallest absolute Gasteiger partial charge is 0.227 e. The molecule has 2 amide bonds. The Morgan fingerprint density at radius 3 is 1.86 bits per heavy atom. The molecule has 0 unspecified atom stereocenters. The van der Waals surface area contributed by atoms with Gasteiger partial charge in [-0.1, -0.05) is 26.7 Å². The van der Waals surface area contributed by atoms with E-state index in [1.54, 1.807) is 0 Å². The number of hydrogen-bond acceptors (Lipinski definition) is 2. The SMILES string of the molecule is CCCC1(CCC)CC(=O)NC(=O)C1. The van der Waals surface area contributed by atoms with Crippen molar-refractivity contribution in [1.29, 1.82) is 0 Å². The first kappa shape index (κ1) is 11.2. The fourth-order valence-electron chi connectivity index (χ4n) is 2.53. The minimum Gasteiger partial charge on any atom is -0.296 e. The van der Waals surface area contributed by atoms with Crippen LogP contribution in [0.15, 0.2) is 0 Å². The molecular weight excluding hydrogens is 178 g/mol. The number of nitrogens with one attached hydrogen (secondary N) is 1. The highest BCUT2D eigenvalue weighted by Gasteiger charge is 2.37. The van der Waals surface area contributed by atoms with Gasteiger partial charge in [-0.25, -0.2) is 0 Å². The van der Waals surface area contributed by atoms with Gasteiger partial charge in [-0.15, -0.1) is 0 Å². The highest BCUT2D eigenvalue weighted by Crippen LogP contribution is 2.39. The fraction of sp³-hybridized carbons (Fsp3) is 0.818. The summed E-state index contributed by atoms with van der Waals surface area (Å²) in [5.41, 5.74) is -0.0388. The van der Waals surface area contributed by atoms with Gasteiger partial charge >= 0.3 is 0 Å². The van der Waals surface area contributed by atoms with E-state index in [0.717, 1.165) is 25.7 Å². The summed E-state index contributed by atoms with van der Waals surface area (Å²) in [6.45, 7) is 4.21. The van der Waals surface area contributed by atoms with Crippen molar-refractivity contribution in [2.24, 2.45) is 5.41 Å². The first-order chi connectivity index (χ1) is 6.62. The maximum atomic E-state index is 11.3. The van der Waals surface area contributed by atoms with E-state index in [-0.39, 0.29) is 17.2 Å². The summed E-state index contributed by atoms with van der Waals surface area (Å²) in [6.07, 6.45) is 5.11. The predicted octanol–water partition coefficient (Wildman–Crippen LogP) is 2.01. The minimum absolute atomic E-state index is 0.0388. The van der Waals surface area contributed by atoms with Crippen LogP contribution in [0.25, 0.3) is 0 Å². The third kappa shape index (κ3) is 2.56. The van der Waals surface area contributed by atoms with Crippen LogP contribution in [0.5, 0.6) is 0 Å². The molecule has 1 aliphatic rings. The van der Waals surface area contributed by atoms with Crippen LogP contribution in [0.1, 0.15) is 52.4 Å². The van der Waals surface area contributed by atoms with Crippen LogP contribution in [-0.4, -0.2) is 11.8 Å². The van der Waals surface area contributed by atoms with Gasteiger partial charge in [0.15, 0.2) is 0 Å². The highest BCUT2D eigenvalue weighted by atomic mass is 16.2. The third-order valence-corrected chi connectivity index (χ3v) is 2.91. The van der Waals surface area contributed by atoms with Gasteiger partial charge < -0.3 is 0 Å². The summed E-state index contributed by atoms with van der Waals surface area (Å²) in [6, 6.07) is 0. The molecule has 0 saturated carbocycles. The summed E-state index contributed by atoms with van der Waals surface area (Å²) in [5, 5.41) is 2.37. The lowest BCUT2D eigenvalue weighted by atomic mass is 9.72. The van der Waals surface area contributed by atoms with Crippen LogP contribution >= 0.6 is 0 Å². The molecule has 0 spiro atoms. The molecule has 0 aromatic heterocycles. The van der Waals surface area contributed by atoms with Crippen molar-refractivity contribution >= 4 is 11.8 Å². The van der Waals surface area contributed by atoms with Gasteiger partial charge in [0.25, 0.3) is 0 Å². The van der Waals surface area contributed by atoms with E-state index in [0.29, 0.717) is 12.8 Å². The van der Waals surface area contributed by atoms with E-state index >= 15 is 0 Å². The molecular formula is C11H19NO2. The third-order valence-electron chi connectivity index (χ3n) is 2.91. The molecule has 1 heterocycles. The standard InChI is InChI=1S/C11H19NO2/c1-3-5-11(6-4-2)7-9(13)12-10(14)8-11/h3-8H2,1-2H3,(H,12,13,14). The van der Waals surface area contributed by atoms with E-state index in [2.05, 4.69) is 19.2 Å². The molecule has 1 rings (SSSR count). The molecule has 0 aliphatic carbocycles. The summed E-state index contributed by atoms with van der Waals surface area (Å²) in [7, 11) is 0. The van der Waals surface area contributed by atoms with Gasteiger partial charge in [0.05, 0.1) is 0 Å². The second-order valence-electron chi connectivity index (χ2n) is 4.32. The van der Waals surface area contributed by atoms with E-state index in [9.17, 15) is 9.59 Å². The van der Waals surface area contributed by atoms with Crippen LogP contribution < -0.4 is 5.32 Å². The maximum absolute atomic E-state index is 11.3.